The number of aliphatic imine (C=N–C) groups is 1. The zero-order valence-electron chi connectivity index (χ0n) is 13.2. The van der Waals surface area contributed by atoms with Crippen LogP contribution in [0.1, 0.15) is 16.7 Å². The van der Waals surface area contributed by atoms with Crippen molar-refractivity contribution in [1.82, 2.24) is 5.32 Å². The Bertz CT molecular complexity index is 780. The molecule has 1 atom stereocenters. The number of hydrogen-bond donors (Lipinski definition) is 3. The van der Waals surface area contributed by atoms with Crippen molar-refractivity contribution >= 4 is 11.5 Å². The number of benzene rings is 2. The van der Waals surface area contributed by atoms with Gasteiger partial charge in [0.2, 0.25) is 0 Å². The van der Waals surface area contributed by atoms with Crippen LogP contribution in [0.5, 0.6) is 5.75 Å². The van der Waals surface area contributed by atoms with Crippen LogP contribution in [0.4, 0.5) is 0 Å². The van der Waals surface area contributed by atoms with E-state index in [9.17, 15) is 0 Å². The minimum Gasteiger partial charge on any atom is -0.496 e. The average molecular weight is 308 g/mol. The van der Waals surface area contributed by atoms with Gasteiger partial charge < -0.3 is 15.8 Å². The third-order valence-electron chi connectivity index (χ3n) is 3.95. The minimum atomic E-state index is -1.11. The van der Waals surface area contributed by atoms with Crippen molar-refractivity contribution in [3.8, 4) is 5.75 Å². The molecule has 0 fully saturated rings. The number of nitrogens with two attached hydrogens (primary N) is 2. The molecule has 0 radical (unpaired) electrons. The lowest BCUT2D eigenvalue weighted by Crippen LogP contribution is -2.45. The largest absolute Gasteiger partial charge is 0.496 e. The van der Waals surface area contributed by atoms with Gasteiger partial charge in [-0.1, -0.05) is 48.0 Å². The molecule has 0 spiro atoms. The normalized spacial score (nSPS) is 20.3. The zero-order valence-corrected chi connectivity index (χ0v) is 13.2. The van der Waals surface area contributed by atoms with Crippen molar-refractivity contribution in [3.63, 3.8) is 0 Å². The van der Waals surface area contributed by atoms with E-state index in [1.165, 1.54) is 5.56 Å². The number of methoxy groups -OCH3 is 1. The number of ether oxygens (including phenoxy) is 1. The number of hydrogen-bond acceptors (Lipinski definition) is 5. The lowest BCUT2D eigenvalue weighted by molar-refractivity contribution is 0.399. The number of rotatable bonds is 3. The van der Waals surface area contributed by atoms with Crippen molar-refractivity contribution in [2.45, 2.75) is 12.6 Å². The molecule has 2 aromatic rings. The molecule has 1 unspecified atom stereocenters. The quantitative estimate of drug-likeness (QED) is 0.810. The molecule has 5 nitrogen and oxygen atoms in total. The maximum Gasteiger partial charge on any atom is 0.195 e. The minimum absolute atomic E-state index is 0.272. The maximum atomic E-state index is 6.71. The Hall–Kier alpha value is -2.79. The topological polar surface area (TPSA) is 85.7 Å². The van der Waals surface area contributed by atoms with Gasteiger partial charge in [0.1, 0.15) is 5.75 Å². The molecule has 0 amide bonds. The summed E-state index contributed by atoms with van der Waals surface area (Å²) >= 11 is 0. The first-order valence-corrected chi connectivity index (χ1v) is 7.36. The molecule has 2 aromatic carbocycles. The van der Waals surface area contributed by atoms with Gasteiger partial charge in [0.15, 0.2) is 11.6 Å². The van der Waals surface area contributed by atoms with Gasteiger partial charge in [0, 0.05) is 17.3 Å². The molecular weight excluding hydrogens is 288 g/mol. The van der Waals surface area contributed by atoms with Gasteiger partial charge in [0.25, 0.3) is 0 Å². The van der Waals surface area contributed by atoms with Gasteiger partial charge in [-0.3, -0.25) is 5.73 Å². The number of aryl methyl sites for hydroxylation is 1. The molecule has 0 bridgehead atoms. The predicted molar refractivity (Wildman–Crippen MR) is 92.8 cm³/mol. The van der Waals surface area contributed by atoms with Crippen molar-refractivity contribution in [2.75, 3.05) is 7.11 Å². The molecule has 0 aromatic heterocycles. The summed E-state index contributed by atoms with van der Waals surface area (Å²) in [4.78, 5) is 4.49. The fourth-order valence-corrected chi connectivity index (χ4v) is 2.74. The monoisotopic (exact) mass is 308 g/mol. The lowest BCUT2D eigenvalue weighted by Gasteiger charge is -2.33. The van der Waals surface area contributed by atoms with Crippen LogP contribution in [0.3, 0.4) is 0 Å². The summed E-state index contributed by atoms with van der Waals surface area (Å²) in [6.45, 7) is 2.04. The van der Waals surface area contributed by atoms with Crippen molar-refractivity contribution in [2.24, 2.45) is 16.5 Å². The Morgan fingerprint density at radius 3 is 2.48 bits per heavy atom. The second-order valence-electron chi connectivity index (χ2n) is 5.53. The van der Waals surface area contributed by atoms with Crippen LogP contribution in [0, 0.1) is 6.92 Å². The number of nitrogens with zero attached hydrogens (tertiary/aromatic N) is 1. The highest BCUT2D eigenvalue weighted by Gasteiger charge is 2.37. The summed E-state index contributed by atoms with van der Waals surface area (Å²) in [5, 5.41) is 2.95. The molecular formula is C18H20N4O. The summed E-state index contributed by atoms with van der Waals surface area (Å²) in [7, 11) is 1.62. The summed E-state index contributed by atoms with van der Waals surface area (Å²) in [5.74, 6) is 0.945. The molecule has 0 saturated carbocycles. The third-order valence-corrected chi connectivity index (χ3v) is 3.95. The van der Waals surface area contributed by atoms with E-state index in [1.807, 2.05) is 55.5 Å². The molecule has 5 heteroatoms. The fraction of sp³-hybridized carbons (Fsp3) is 0.167. The highest BCUT2D eigenvalue weighted by Crippen LogP contribution is 2.40. The second kappa shape index (κ2) is 5.78. The van der Waals surface area contributed by atoms with Gasteiger partial charge in [0.05, 0.1) is 7.11 Å². The summed E-state index contributed by atoms with van der Waals surface area (Å²) < 4.78 is 5.46. The average Bonchev–Trinajstić information content (AvgIpc) is 2.56. The van der Waals surface area contributed by atoms with E-state index in [4.69, 9.17) is 16.2 Å². The fourth-order valence-electron chi connectivity index (χ4n) is 2.74. The van der Waals surface area contributed by atoms with E-state index < -0.39 is 5.66 Å². The Morgan fingerprint density at radius 2 is 1.78 bits per heavy atom. The summed E-state index contributed by atoms with van der Waals surface area (Å²) in [6.07, 6.45) is 1.80. The van der Waals surface area contributed by atoms with Gasteiger partial charge in [-0.2, -0.15) is 0 Å². The van der Waals surface area contributed by atoms with Gasteiger partial charge >= 0.3 is 0 Å². The van der Waals surface area contributed by atoms with Gasteiger partial charge in [-0.15, -0.1) is 0 Å². The van der Waals surface area contributed by atoms with Crippen LogP contribution < -0.4 is 21.5 Å². The zero-order chi connectivity index (χ0) is 16.4. The van der Waals surface area contributed by atoms with E-state index in [-0.39, 0.29) is 5.96 Å². The lowest BCUT2D eigenvalue weighted by atomic mass is 9.86. The highest BCUT2D eigenvalue weighted by atomic mass is 16.5. The molecule has 1 aliphatic heterocycles. The van der Waals surface area contributed by atoms with Crippen LogP contribution in [0.25, 0.3) is 5.57 Å². The van der Waals surface area contributed by atoms with Gasteiger partial charge in [-0.25, -0.2) is 4.99 Å². The van der Waals surface area contributed by atoms with E-state index in [0.29, 0.717) is 5.75 Å². The second-order valence-corrected chi connectivity index (χ2v) is 5.53. The molecule has 118 valence electrons. The first-order valence-electron chi connectivity index (χ1n) is 7.36. The Morgan fingerprint density at radius 1 is 1.09 bits per heavy atom. The standard InChI is InChI=1S/C18H20N4O/c1-12-7-9-13(10-8-12)15-11-21-17(19)22-18(15,20)14-5-3-4-6-16(14)23-2/h3-11H,20H2,1-2H3,(H3,19,21,22). The van der Waals surface area contributed by atoms with Crippen LogP contribution in [0.2, 0.25) is 0 Å². The maximum absolute atomic E-state index is 6.71. The summed E-state index contributed by atoms with van der Waals surface area (Å²) in [6, 6.07) is 15.7. The number of nitrogens with one attached hydrogen (secondary N) is 1. The van der Waals surface area contributed by atoms with Crippen molar-refractivity contribution < 1.29 is 4.74 Å². The molecule has 1 heterocycles. The Kier molecular flexibility index (Phi) is 3.80. The van der Waals surface area contributed by atoms with Crippen LogP contribution in [-0.2, 0) is 5.66 Å². The van der Waals surface area contributed by atoms with E-state index in [0.717, 1.165) is 16.7 Å². The molecule has 1 aliphatic rings. The molecule has 3 rings (SSSR count). The smallest absolute Gasteiger partial charge is 0.195 e. The van der Waals surface area contributed by atoms with Crippen molar-refractivity contribution in [1.29, 1.82) is 0 Å². The Balaban J connectivity index is 2.17. The highest BCUT2D eigenvalue weighted by molar-refractivity contribution is 5.88. The first-order chi connectivity index (χ1) is 11.0. The van der Waals surface area contributed by atoms with Crippen LogP contribution in [0.15, 0.2) is 59.7 Å². The summed E-state index contributed by atoms with van der Waals surface area (Å²) in [5.41, 5.74) is 15.2. The van der Waals surface area contributed by atoms with E-state index in [2.05, 4.69) is 10.3 Å². The number of para-hydroxylation sites is 1. The Labute approximate surface area is 135 Å². The van der Waals surface area contributed by atoms with Gasteiger partial charge in [-0.05, 0) is 18.6 Å². The molecule has 5 N–H and O–H groups in total. The van der Waals surface area contributed by atoms with E-state index in [1.54, 1.807) is 13.3 Å². The molecule has 0 saturated heterocycles. The van der Waals surface area contributed by atoms with E-state index >= 15 is 0 Å². The van der Waals surface area contributed by atoms with Crippen molar-refractivity contribution in [3.05, 3.63) is 71.4 Å². The number of guanidine groups is 1. The predicted octanol–water partition coefficient (Wildman–Crippen LogP) is 2.07. The molecule has 0 aliphatic carbocycles. The molecule has 23 heavy (non-hydrogen) atoms. The third kappa shape index (κ3) is 2.66. The van der Waals surface area contributed by atoms with Crippen LogP contribution in [-0.4, -0.2) is 13.1 Å². The SMILES string of the molecule is COc1ccccc1C1(N)N=C(N)NC=C1c1ccc(C)cc1. The van der Waals surface area contributed by atoms with Crippen LogP contribution >= 0.6 is 0 Å². The first kappa shape index (κ1) is 15.1.